The second-order valence-electron chi connectivity index (χ2n) is 6.41. The van der Waals surface area contributed by atoms with Crippen molar-refractivity contribution in [3.63, 3.8) is 0 Å². The molecular weight excluding hydrogens is 276 g/mol. The lowest BCUT2D eigenvalue weighted by molar-refractivity contribution is 0.0737. The van der Waals surface area contributed by atoms with Crippen LogP contribution < -0.4 is 10.1 Å². The number of likely N-dealkylation sites (N-methyl/N-ethyl adjacent to an activating group) is 1. The quantitative estimate of drug-likeness (QED) is 0.842. The summed E-state index contributed by atoms with van der Waals surface area (Å²) in [5.41, 5.74) is 0.749. The standard InChI is InChI=1S/C18H28N2O2/c1-14(2)10-12-22-17-8-6-15(7-9-17)18(21)20-11-4-5-16(20)13-19-3/h6-9,14,16,19H,4-5,10-13H2,1-3H3. The van der Waals surface area contributed by atoms with E-state index in [9.17, 15) is 4.79 Å². The summed E-state index contributed by atoms with van der Waals surface area (Å²) < 4.78 is 5.70. The van der Waals surface area contributed by atoms with Gasteiger partial charge in [0.2, 0.25) is 0 Å². The third-order valence-electron chi connectivity index (χ3n) is 4.14. The van der Waals surface area contributed by atoms with Crippen LogP contribution in [0.15, 0.2) is 24.3 Å². The van der Waals surface area contributed by atoms with Gasteiger partial charge < -0.3 is 15.0 Å². The zero-order valence-electron chi connectivity index (χ0n) is 14.0. The van der Waals surface area contributed by atoms with Crippen LogP contribution in [-0.2, 0) is 0 Å². The first-order valence-electron chi connectivity index (χ1n) is 8.30. The van der Waals surface area contributed by atoms with E-state index in [4.69, 9.17) is 4.74 Å². The van der Waals surface area contributed by atoms with Gasteiger partial charge in [0.25, 0.3) is 5.91 Å². The highest BCUT2D eigenvalue weighted by atomic mass is 16.5. The van der Waals surface area contributed by atoms with Crippen LogP contribution in [0.5, 0.6) is 5.75 Å². The molecule has 4 nitrogen and oxygen atoms in total. The fourth-order valence-electron chi connectivity index (χ4n) is 2.82. The molecule has 0 bridgehead atoms. The highest BCUT2D eigenvalue weighted by Gasteiger charge is 2.28. The SMILES string of the molecule is CNCC1CCCN1C(=O)c1ccc(OCCC(C)C)cc1. The van der Waals surface area contributed by atoms with E-state index in [1.165, 1.54) is 0 Å². The second kappa shape index (κ2) is 8.18. The molecule has 1 atom stereocenters. The minimum atomic E-state index is 0.131. The molecule has 2 rings (SSSR count). The van der Waals surface area contributed by atoms with Gasteiger partial charge in [0, 0.05) is 24.7 Å². The van der Waals surface area contributed by atoms with Crippen molar-refractivity contribution in [3.05, 3.63) is 29.8 Å². The van der Waals surface area contributed by atoms with E-state index in [1.54, 1.807) is 0 Å². The van der Waals surface area contributed by atoms with E-state index in [0.29, 0.717) is 12.0 Å². The molecule has 122 valence electrons. The van der Waals surface area contributed by atoms with Crippen LogP contribution >= 0.6 is 0 Å². The Morgan fingerprint density at radius 3 is 2.73 bits per heavy atom. The number of benzene rings is 1. The van der Waals surface area contributed by atoms with Gasteiger partial charge in [-0.25, -0.2) is 0 Å². The molecule has 1 amide bonds. The van der Waals surface area contributed by atoms with Crippen molar-refractivity contribution in [2.24, 2.45) is 5.92 Å². The average Bonchev–Trinajstić information content (AvgIpc) is 2.95. The summed E-state index contributed by atoms with van der Waals surface area (Å²) in [6.45, 7) is 6.81. The summed E-state index contributed by atoms with van der Waals surface area (Å²) in [4.78, 5) is 14.6. The molecule has 1 N–H and O–H groups in total. The van der Waals surface area contributed by atoms with Crippen LogP contribution in [0.4, 0.5) is 0 Å². The fraction of sp³-hybridized carbons (Fsp3) is 0.611. The Morgan fingerprint density at radius 2 is 2.09 bits per heavy atom. The van der Waals surface area contributed by atoms with Crippen molar-refractivity contribution < 1.29 is 9.53 Å². The van der Waals surface area contributed by atoms with E-state index in [2.05, 4.69) is 19.2 Å². The number of carbonyl (C=O) groups is 1. The third-order valence-corrected chi connectivity index (χ3v) is 4.14. The number of ether oxygens (including phenoxy) is 1. The Balaban J connectivity index is 1.93. The van der Waals surface area contributed by atoms with Crippen molar-refractivity contribution in [2.75, 3.05) is 26.7 Å². The van der Waals surface area contributed by atoms with Gasteiger partial charge in [-0.3, -0.25) is 4.79 Å². The van der Waals surface area contributed by atoms with Gasteiger partial charge in [0.1, 0.15) is 5.75 Å². The normalized spacial score (nSPS) is 18.0. The van der Waals surface area contributed by atoms with Crippen LogP contribution in [0.3, 0.4) is 0 Å². The summed E-state index contributed by atoms with van der Waals surface area (Å²) >= 11 is 0. The van der Waals surface area contributed by atoms with Gasteiger partial charge in [-0.15, -0.1) is 0 Å². The Labute approximate surface area is 133 Å². The molecule has 1 saturated heterocycles. The van der Waals surface area contributed by atoms with Crippen molar-refractivity contribution in [3.8, 4) is 5.75 Å². The van der Waals surface area contributed by atoms with Crippen molar-refractivity contribution in [2.45, 2.75) is 39.2 Å². The molecule has 22 heavy (non-hydrogen) atoms. The molecule has 0 aliphatic carbocycles. The van der Waals surface area contributed by atoms with Crippen molar-refractivity contribution in [1.82, 2.24) is 10.2 Å². The van der Waals surface area contributed by atoms with E-state index < -0.39 is 0 Å². The first-order valence-corrected chi connectivity index (χ1v) is 8.30. The van der Waals surface area contributed by atoms with E-state index in [1.807, 2.05) is 36.2 Å². The lowest BCUT2D eigenvalue weighted by Crippen LogP contribution is -2.40. The molecule has 0 radical (unpaired) electrons. The van der Waals surface area contributed by atoms with Crippen LogP contribution in [0.1, 0.15) is 43.5 Å². The largest absolute Gasteiger partial charge is 0.494 e. The zero-order valence-corrected chi connectivity index (χ0v) is 14.0. The number of hydrogen-bond donors (Lipinski definition) is 1. The summed E-state index contributed by atoms with van der Waals surface area (Å²) in [7, 11) is 1.93. The third kappa shape index (κ3) is 4.47. The Morgan fingerprint density at radius 1 is 1.36 bits per heavy atom. The topological polar surface area (TPSA) is 41.6 Å². The molecule has 0 spiro atoms. The maximum absolute atomic E-state index is 12.6. The minimum absolute atomic E-state index is 0.131. The number of nitrogens with zero attached hydrogens (tertiary/aromatic N) is 1. The van der Waals surface area contributed by atoms with Gasteiger partial charge in [-0.05, 0) is 56.5 Å². The van der Waals surface area contributed by atoms with Crippen LogP contribution in [0.2, 0.25) is 0 Å². The molecule has 1 unspecified atom stereocenters. The predicted octanol–water partition coefficient (Wildman–Crippen LogP) is 2.94. The zero-order chi connectivity index (χ0) is 15.9. The first-order chi connectivity index (χ1) is 10.6. The maximum Gasteiger partial charge on any atom is 0.254 e. The number of rotatable bonds is 7. The monoisotopic (exact) mass is 304 g/mol. The minimum Gasteiger partial charge on any atom is -0.494 e. The molecule has 1 aliphatic heterocycles. The van der Waals surface area contributed by atoms with Crippen LogP contribution in [0.25, 0.3) is 0 Å². The summed E-state index contributed by atoms with van der Waals surface area (Å²) in [5.74, 6) is 1.61. The van der Waals surface area contributed by atoms with Gasteiger partial charge in [-0.1, -0.05) is 13.8 Å². The Hall–Kier alpha value is -1.55. The number of nitrogens with one attached hydrogen (secondary N) is 1. The van der Waals surface area contributed by atoms with Gasteiger partial charge in [0.05, 0.1) is 6.61 Å². The maximum atomic E-state index is 12.6. The van der Waals surface area contributed by atoms with Crippen molar-refractivity contribution in [1.29, 1.82) is 0 Å². The summed E-state index contributed by atoms with van der Waals surface area (Å²) in [6, 6.07) is 7.87. The lowest BCUT2D eigenvalue weighted by atomic mass is 10.1. The van der Waals surface area contributed by atoms with Gasteiger partial charge in [-0.2, -0.15) is 0 Å². The Bertz CT molecular complexity index is 470. The second-order valence-corrected chi connectivity index (χ2v) is 6.41. The molecule has 0 aromatic heterocycles. The number of likely N-dealkylation sites (tertiary alicyclic amines) is 1. The summed E-state index contributed by atoms with van der Waals surface area (Å²) in [5, 5.41) is 3.17. The summed E-state index contributed by atoms with van der Waals surface area (Å²) in [6.07, 6.45) is 3.22. The van der Waals surface area contributed by atoms with E-state index >= 15 is 0 Å². The molecule has 4 heteroatoms. The number of carbonyl (C=O) groups excluding carboxylic acids is 1. The molecule has 1 aromatic carbocycles. The molecule has 1 heterocycles. The van der Waals surface area contributed by atoms with Crippen LogP contribution in [0, 0.1) is 5.92 Å². The molecule has 1 aliphatic rings. The number of amides is 1. The highest BCUT2D eigenvalue weighted by Crippen LogP contribution is 2.21. The van der Waals surface area contributed by atoms with Gasteiger partial charge >= 0.3 is 0 Å². The van der Waals surface area contributed by atoms with Crippen molar-refractivity contribution >= 4 is 5.91 Å². The smallest absolute Gasteiger partial charge is 0.254 e. The Kier molecular flexibility index (Phi) is 6.25. The van der Waals surface area contributed by atoms with E-state index in [0.717, 1.165) is 50.3 Å². The first kappa shape index (κ1) is 16.8. The van der Waals surface area contributed by atoms with E-state index in [-0.39, 0.29) is 5.91 Å². The molecular formula is C18H28N2O2. The predicted molar refractivity (Wildman–Crippen MR) is 89.4 cm³/mol. The molecule has 1 fully saturated rings. The number of hydrogen-bond acceptors (Lipinski definition) is 3. The van der Waals surface area contributed by atoms with Gasteiger partial charge in [0.15, 0.2) is 0 Å². The fourth-order valence-corrected chi connectivity index (χ4v) is 2.82. The average molecular weight is 304 g/mol. The lowest BCUT2D eigenvalue weighted by Gasteiger charge is -2.24. The molecule has 0 saturated carbocycles. The van der Waals surface area contributed by atoms with Crippen LogP contribution in [-0.4, -0.2) is 43.6 Å². The molecule has 1 aromatic rings. The highest BCUT2D eigenvalue weighted by molar-refractivity contribution is 5.94.